The van der Waals surface area contributed by atoms with Crippen molar-refractivity contribution in [1.29, 1.82) is 0 Å². The first-order chi connectivity index (χ1) is 8.28. The maximum absolute atomic E-state index is 6.56. The first kappa shape index (κ1) is 13.3. The summed E-state index contributed by atoms with van der Waals surface area (Å²) in [5.74, 6) is 0.591. The largest absolute Gasteiger partial charge is 0.381 e. The Morgan fingerprint density at radius 1 is 1.24 bits per heavy atom. The van der Waals surface area contributed by atoms with Crippen LogP contribution >= 0.6 is 0 Å². The fourth-order valence-corrected chi connectivity index (χ4v) is 3.52. The molecule has 1 aliphatic carbocycles. The van der Waals surface area contributed by atoms with Gasteiger partial charge >= 0.3 is 0 Å². The van der Waals surface area contributed by atoms with Crippen molar-refractivity contribution in [2.75, 3.05) is 19.8 Å². The molecule has 0 radical (unpaired) electrons. The van der Waals surface area contributed by atoms with E-state index in [1.807, 2.05) is 0 Å². The monoisotopic (exact) mass is 241 g/mol. The van der Waals surface area contributed by atoms with E-state index in [4.69, 9.17) is 15.2 Å². The Labute approximate surface area is 105 Å². The van der Waals surface area contributed by atoms with Crippen LogP contribution in [0.2, 0.25) is 0 Å². The van der Waals surface area contributed by atoms with Crippen LogP contribution < -0.4 is 5.73 Å². The van der Waals surface area contributed by atoms with Gasteiger partial charge in [-0.15, -0.1) is 0 Å². The molecule has 2 rings (SSSR count). The highest BCUT2D eigenvalue weighted by atomic mass is 16.5. The summed E-state index contributed by atoms with van der Waals surface area (Å²) in [5.41, 5.74) is 6.53. The van der Waals surface area contributed by atoms with Crippen LogP contribution in [0.3, 0.4) is 0 Å². The molecule has 100 valence electrons. The van der Waals surface area contributed by atoms with E-state index in [2.05, 4.69) is 6.92 Å². The zero-order valence-electron chi connectivity index (χ0n) is 11.1. The van der Waals surface area contributed by atoms with E-state index in [-0.39, 0.29) is 11.6 Å². The molecular formula is C14H27NO2. The highest BCUT2D eigenvalue weighted by Crippen LogP contribution is 2.38. The van der Waals surface area contributed by atoms with Crippen LogP contribution in [0, 0.1) is 5.92 Å². The van der Waals surface area contributed by atoms with Gasteiger partial charge in [0.25, 0.3) is 0 Å². The summed E-state index contributed by atoms with van der Waals surface area (Å²) in [4.78, 5) is 0. The Balaban J connectivity index is 2.02. The van der Waals surface area contributed by atoms with Crippen LogP contribution in [0.15, 0.2) is 0 Å². The molecule has 1 saturated heterocycles. The van der Waals surface area contributed by atoms with Gasteiger partial charge in [-0.3, -0.25) is 0 Å². The zero-order chi connectivity index (χ0) is 12.1. The Hall–Kier alpha value is -0.120. The Kier molecular flexibility index (Phi) is 4.83. The van der Waals surface area contributed by atoms with E-state index in [0.29, 0.717) is 5.92 Å². The van der Waals surface area contributed by atoms with Crippen molar-refractivity contribution < 1.29 is 9.47 Å². The van der Waals surface area contributed by atoms with Gasteiger partial charge in [-0.2, -0.15) is 0 Å². The minimum Gasteiger partial charge on any atom is -0.381 e. The molecule has 1 unspecified atom stereocenters. The molecule has 17 heavy (non-hydrogen) atoms. The van der Waals surface area contributed by atoms with Gasteiger partial charge in [-0.25, -0.2) is 0 Å². The van der Waals surface area contributed by atoms with Crippen molar-refractivity contribution in [3.63, 3.8) is 0 Å². The van der Waals surface area contributed by atoms with Crippen molar-refractivity contribution in [1.82, 2.24) is 0 Å². The smallest absolute Gasteiger partial charge is 0.0835 e. The molecule has 0 aromatic carbocycles. The van der Waals surface area contributed by atoms with E-state index >= 15 is 0 Å². The molecule has 0 amide bonds. The highest BCUT2D eigenvalue weighted by Gasteiger charge is 2.42. The predicted octanol–water partition coefficient (Wildman–Crippen LogP) is 2.48. The predicted molar refractivity (Wildman–Crippen MR) is 69.0 cm³/mol. The second-order valence-electron chi connectivity index (χ2n) is 5.53. The SMILES string of the molecule is CCOC1(C(N)C2CCOCC2)CCCCC1. The lowest BCUT2D eigenvalue weighted by Gasteiger charge is -2.45. The van der Waals surface area contributed by atoms with Crippen molar-refractivity contribution in [3.8, 4) is 0 Å². The summed E-state index contributed by atoms with van der Waals surface area (Å²) in [6, 6.07) is 0.201. The van der Waals surface area contributed by atoms with Gasteiger partial charge in [0.1, 0.15) is 0 Å². The quantitative estimate of drug-likeness (QED) is 0.822. The standard InChI is InChI=1S/C14H27NO2/c1-2-17-14(8-4-3-5-9-14)13(15)12-6-10-16-11-7-12/h12-13H,2-11,15H2,1H3. The van der Waals surface area contributed by atoms with Crippen LogP contribution in [-0.4, -0.2) is 31.5 Å². The summed E-state index contributed by atoms with van der Waals surface area (Å²) >= 11 is 0. The summed E-state index contributed by atoms with van der Waals surface area (Å²) in [7, 11) is 0. The normalized spacial score (nSPS) is 27.9. The van der Waals surface area contributed by atoms with Crippen molar-refractivity contribution in [2.45, 2.75) is 63.5 Å². The summed E-state index contributed by atoms with van der Waals surface area (Å²) in [6.07, 6.45) is 8.41. The molecule has 1 saturated carbocycles. The average molecular weight is 241 g/mol. The van der Waals surface area contributed by atoms with Crippen molar-refractivity contribution in [3.05, 3.63) is 0 Å². The van der Waals surface area contributed by atoms with Gasteiger partial charge in [0, 0.05) is 25.9 Å². The molecule has 2 fully saturated rings. The van der Waals surface area contributed by atoms with Crippen molar-refractivity contribution in [2.24, 2.45) is 11.7 Å². The molecule has 0 bridgehead atoms. The fraction of sp³-hybridized carbons (Fsp3) is 1.00. The fourth-order valence-electron chi connectivity index (χ4n) is 3.52. The maximum Gasteiger partial charge on any atom is 0.0835 e. The zero-order valence-corrected chi connectivity index (χ0v) is 11.1. The minimum atomic E-state index is -0.0327. The molecule has 0 aromatic rings. The third-order valence-electron chi connectivity index (χ3n) is 4.51. The van der Waals surface area contributed by atoms with E-state index in [1.54, 1.807) is 0 Å². The number of nitrogens with two attached hydrogens (primary N) is 1. The Morgan fingerprint density at radius 3 is 2.47 bits per heavy atom. The summed E-state index contributed by atoms with van der Waals surface area (Å²) in [6.45, 7) is 4.63. The second-order valence-corrected chi connectivity index (χ2v) is 5.53. The lowest BCUT2D eigenvalue weighted by molar-refractivity contribution is -0.102. The number of hydrogen-bond acceptors (Lipinski definition) is 3. The summed E-state index contributed by atoms with van der Waals surface area (Å²) < 4.78 is 11.6. The molecule has 3 nitrogen and oxygen atoms in total. The third-order valence-corrected chi connectivity index (χ3v) is 4.51. The van der Waals surface area contributed by atoms with Gasteiger partial charge in [-0.1, -0.05) is 19.3 Å². The molecule has 1 heterocycles. The van der Waals surface area contributed by atoms with Crippen LogP contribution in [-0.2, 0) is 9.47 Å². The summed E-state index contributed by atoms with van der Waals surface area (Å²) in [5, 5.41) is 0. The van der Waals surface area contributed by atoms with E-state index in [1.165, 1.54) is 19.3 Å². The molecule has 0 aromatic heterocycles. The Bertz CT molecular complexity index is 215. The van der Waals surface area contributed by atoms with E-state index in [9.17, 15) is 0 Å². The van der Waals surface area contributed by atoms with E-state index in [0.717, 1.165) is 45.5 Å². The molecule has 1 aliphatic heterocycles. The third kappa shape index (κ3) is 3.01. The molecule has 3 heteroatoms. The molecule has 1 atom stereocenters. The van der Waals surface area contributed by atoms with Crippen LogP contribution in [0.4, 0.5) is 0 Å². The second kappa shape index (κ2) is 6.17. The number of ether oxygens (including phenoxy) is 2. The van der Waals surface area contributed by atoms with Crippen molar-refractivity contribution >= 4 is 0 Å². The Morgan fingerprint density at radius 2 is 1.88 bits per heavy atom. The molecule has 2 aliphatic rings. The first-order valence-electron chi connectivity index (χ1n) is 7.26. The molecule has 2 N–H and O–H groups in total. The number of rotatable bonds is 4. The van der Waals surface area contributed by atoms with Crippen LogP contribution in [0.5, 0.6) is 0 Å². The van der Waals surface area contributed by atoms with E-state index < -0.39 is 0 Å². The van der Waals surface area contributed by atoms with Crippen LogP contribution in [0.1, 0.15) is 51.9 Å². The van der Waals surface area contributed by atoms with Gasteiger partial charge in [-0.05, 0) is 38.5 Å². The van der Waals surface area contributed by atoms with Gasteiger partial charge in [0.2, 0.25) is 0 Å². The lowest BCUT2D eigenvalue weighted by Crippen LogP contribution is -2.56. The highest BCUT2D eigenvalue weighted by molar-refractivity contribution is 4.97. The first-order valence-corrected chi connectivity index (χ1v) is 7.26. The maximum atomic E-state index is 6.56. The van der Waals surface area contributed by atoms with Gasteiger partial charge in [0.15, 0.2) is 0 Å². The minimum absolute atomic E-state index is 0.0327. The van der Waals surface area contributed by atoms with Crippen LogP contribution in [0.25, 0.3) is 0 Å². The van der Waals surface area contributed by atoms with Gasteiger partial charge in [0.05, 0.1) is 5.60 Å². The lowest BCUT2D eigenvalue weighted by atomic mass is 9.73. The molecular weight excluding hydrogens is 214 g/mol. The van der Waals surface area contributed by atoms with Gasteiger partial charge < -0.3 is 15.2 Å². The molecule has 0 spiro atoms. The number of hydrogen-bond donors (Lipinski definition) is 1. The topological polar surface area (TPSA) is 44.5 Å². The average Bonchev–Trinajstić information content (AvgIpc) is 2.40.